The van der Waals surface area contributed by atoms with E-state index in [1.807, 2.05) is 0 Å². The maximum atomic E-state index is 11.8. The van der Waals surface area contributed by atoms with Crippen LogP contribution in [0.2, 0.25) is 0 Å². The van der Waals surface area contributed by atoms with Crippen LogP contribution in [0.1, 0.15) is 46.5 Å². The van der Waals surface area contributed by atoms with Crippen molar-refractivity contribution in [2.75, 3.05) is 0 Å². The molecule has 1 aliphatic carbocycles. The van der Waals surface area contributed by atoms with Gasteiger partial charge in [-0.15, -0.1) is 0 Å². The minimum absolute atomic E-state index is 0.447. The molecule has 0 spiro atoms. The maximum Gasteiger partial charge on any atom is 0.324 e. The zero-order chi connectivity index (χ0) is 13.3. The number of nitrogens with two attached hydrogens (primary N) is 1. The van der Waals surface area contributed by atoms with Gasteiger partial charge >= 0.3 is 11.9 Å². The van der Waals surface area contributed by atoms with Crippen molar-refractivity contribution < 1.29 is 19.4 Å². The molecule has 17 heavy (non-hydrogen) atoms. The maximum absolute atomic E-state index is 11.8. The van der Waals surface area contributed by atoms with Crippen molar-refractivity contribution in [1.82, 2.24) is 0 Å². The molecule has 1 saturated carbocycles. The average molecular weight is 243 g/mol. The number of ether oxygens (including phenoxy) is 1. The Labute approximate surface area is 101 Å². The molecule has 0 radical (unpaired) electrons. The van der Waals surface area contributed by atoms with E-state index in [0.717, 1.165) is 12.8 Å². The van der Waals surface area contributed by atoms with Crippen LogP contribution in [0.5, 0.6) is 0 Å². The van der Waals surface area contributed by atoms with Crippen LogP contribution in [0.3, 0.4) is 0 Å². The zero-order valence-corrected chi connectivity index (χ0v) is 10.7. The first kappa shape index (κ1) is 14.0. The lowest BCUT2D eigenvalue weighted by molar-refractivity contribution is -0.167. The molecule has 0 unspecified atom stereocenters. The van der Waals surface area contributed by atoms with Gasteiger partial charge in [-0.05, 0) is 33.6 Å². The second-order valence-corrected chi connectivity index (χ2v) is 5.68. The number of hydrogen-bond donors (Lipinski definition) is 2. The Kier molecular flexibility index (Phi) is 3.81. The highest BCUT2D eigenvalue weighted by Crippen LogP contribution is 2.41. The highest BCUT2D eigenvalue weighted by Gasteiger charge is 2.50. The molecule has 0 aromatic carbocycles. The summed E-state index contributed by atoms with van der Waals surface area (Å²) in [5.41, 5.74) is 4.03. The van der Waals surface area contributed by atoms with Crippen molar-refractivity contribution in [3.05, 3.63) is 0 Å². The third-order valence-electron chi connectivity index (χ3n) is 3.18. The number of carbonyl (C=O) groups is 2. The fourth-order valence-corrected chi connectivity index (χ4v) is 2.25. The Morgan fingerprint density at radius 1 is 1.29 bits per heavy atom. The summed E-state index contributed by atoms with van der Waals surface area (Å²) >= 11 is 0. The van der Waals surface area contributed by atoms with Crippen LogP contribution in [0.4, 0.5) is 0 Å². The van der Waals surface area contributed by atoms with Crippen LogP contribution in [0.25, 0.3) is 0 Å². The van der Waals surface area contributed by atoms with Gasteiger partial charge in [0.25, 0.3) is 0 Å². The SMILES string of the molecule is CC(C)(C)OC(=O)[C@@H](N)C1(C(=O)O)CCCC1. The van der Waals surface area contributed by atoms with E-state index in [2.05, 4.69) is 0 Å². The van der Waals surface area contributed by atoms with Crippen molar-refractivity contribution in [1.29, 1.82) is 0 Å². The van der Waals surface area contributed by atoms with E-state index < -0.39 is 29.0 Å². The number of hydrogen-bond acceptors (Lipinski definition) is 4. The van der Waals surface area contributed by atoms with Crippen LogP contribution in [0, 0.1) is 5.41 Å². The van der Waals surface area contributed by atoms with Gasteiger partial charge in [-0.2, -0.15) is 0 Å². The molecule has 0 amide bonds. The highest BCUT2D eigenvalue weighted by molar-refractivity contribution is 5.87. The molecule has 0 saturated heterocycles. The van der Waals surface area contributed by atoms with E-state index in [4.69, 9.17) is 10.5 Å². The van der Waals surface area contributed by atoms with Crippen molar-refractivity contribution in [3.63, 3.8) is 0 Å². The van der Waals surface area contributed by atoms with Crippen LogP contribution in [0.15, 0.2) is 0 Å². The van der Waals surface area contributed by atoms with Gasteiger partial charge in [-0.25, -0.2) is 0 Å². The summed E-state index contributed by atoms with van der Waals surface area (Å²) in [4.78, 5) is 23.2. The lowest BCUT2D eigenvalue weighted by Crippen LogP contribution is -2.52. The molecule has 0 bridgehead atoms. The molecule has 3 N–H and O–H groups in total. The molecule has 5 heteroatoms. The summed E-state index contributed by atoms with van der Waals surface area (Å²) in [7, 11) is 0. The summed E-state index contributed by atoms with van der Waals surface area (Å²) in [5, 5.41) is 9.29. The van der Waals surface area contributed by atoms with Gasteiger partial charge in [0, 0.05) is 0 Å². The molecule has 0 aromatic rings. The molecule has 1 aliphatic rings. The number of carboxylic acids is 1. The van der Waals surface area contributed by atoms with Gasteiger partial charge < -0.3 is 15.6 Å². The molecule has 0 aliphatic heterocycles. The van der Waals surface area contributed by atoms with Crippen molar-refractivity contribution in [2.24, 2.45) is 11.1 Å². The molecule has 98 valence electrons. The predicted molar refractivity (Wildman–Crippen MR) is 62.4 cm³/mol. The Morgan fingerprint density at radius 2 is 1.76 bits per heavy atom. The summed E-state index contributed by atoms with van der Waals surface area (Å²) in [6, 6.07) is -1.08. The predicted octanol–water partition coefficient (Wildman–Crippen LogP) is 1.30. The van der Waals surface area contributed by atoms with Gasteiger partial charge in [0.15, 0.2) is 0 Å². The van der Waals surface area contributed by atoms with Crippen LogP contribution in [-0.2, 0) is 14.3 Å². The van der Waals surface area contributed by atoms with E-state index in [9.17, 15) is 14.7 Å². The molecule has 1 fully saturated rings. The van der Waals surface area contributed by atoms with Gasteiger partial charge in [-0.3, -0.25) is 9.59 Å². The van der Waals surface area contributed by atoms with Gasteiger partial charge in [0.1, 0.15) is 11.6 Å². The third kappa shape index (κ3) is 2.97. The minimum atomic E-state index is -1.14. The van der Waals surface area contributed by atoms with Crippen molar-refractivity contribution in [3.8, 4) is 0 Å². The summed E-state index contributed by atoms with van der Waals surface area (Å²) < 4.78 is 5.16. The van der Waals surface area contributed by atoms with E-state index >= 15 is 0 Å². The van der Waals surface area contributed by atoms with Crippen LogP contribution < -0.4 is 5.73 Å². The first-order valence-corrected chi connectivity index (χ1v) is 5.91. The van der Waals surface area contributed by atoms with Crippen molar-refractivity contribution >= 4 is 11.9 Å². The molecule has 1 rings (SSSR count). The number of aliphatic carboxylic acids is 1. The van der Waals surface area contributed by atoms with Gasteiger partial charge in [-0.1, -0.05) is 12.8 Å². The Bertz CT molecular complexity index is 313. The molecular weight excluding hydrogens is 222 g/mol. The average Bonchev–Trinajstić information content (AvgIpc) is 2.63. The minimum Gasteiger partial charge on any atom is -0.481 e. The lowest BCUT2D eigenvalue weighted by Gasteiger charge is -2.31. The molecule has 0 heterocycles. The fraction of sp³-hybridized carbons (Fsp3) is 0.833. The number of rotatable bonds is 3. The van der Waals surface area contributed by atoms with Crippen LogP contribution in [-0.4, -0.2) is 28.7 Å². The monoisotopic (exact) mass is 243 g/mol. The Morgan fingerprint density at radius 3 is 2.12 bits per heavy atom. The quantitative estimate of drug-likeness (QED) is 0.729. The summed E-state index contributed by atoms with van der Waals surface area (Å²) in [5.74, 6) is -1.62. The van der Waals surface area contributed by atoms with Gasteiger partial charge in [0.05, 0.1) is 5.41 Å². The number of esters is 1. The topological polar surface area (TPSA) is 89.6 Å². The normalized spacial score (nSPS) is 20.9. The standard InChI is InChI=1S/C12H21NO4/c1-11(2,3)17-9(14)8(13)12(10(15)16)6-4-5-7-12/h8H,4-7,13H2,1-3H3,(H,15,16)/t8-/m1/s1. The first-order valence-electron chi connectivity index (χ1n) is 5.91. The largest absolute Gasteiger partial charge is 0.481 e. The summed E-state index contributed by atoms with van der Waals surface area (Å²) in [6.07, 6.45) is 2.48. The molecule has 0 aromatic heterocycles. The smallest absolute Gasteiger partial charge is 0.324 e. The van der Waals surface area contributed by atoms with E-state index in [-0.39, 0.29) is 0 Å². The van der Waals surface area contributed by atoms with E-state index in [1.54, 1.807) is 20.8 Å². The van der Waals surface area contributed by atoms with Crippen molar-refractivity contribution in [2.45, 2.75) is 58.1 Å². The zero-order valence-electron chi connectivity index (χ0n) is 10.7. The van der Waals surface area contributed by atoms with Gasteiger partial charge in [0.2, 0.25) is 0 Å². The molecular formula is C12H21NO4. The lowest BCUT2D eigenvalue weighted by atomic mass is 9.79. The summed E-state index contributed by atoms with van der Waals surface area (Å²) in [6.45, 7) is 5.21. The molecule has 5 nitrogen and oxygen atoms in total. The second-order valence-electron chi connectivity index (χ2n) is 5.68. The highest BCUT2D eigenvalue weighted by atomic mass is 16.6. The second kappa shape index (κ2) is 4.64. The van der Waals surface area contributed by atoms with E-state index in [0.29, 0.717) is 12.8 Å². The Hall–Kier alpha value is -1.10. The Balaban J connectivity index is 2.83. The fourth-order valence-electron chi connectivity index (χ4n) is 2.25. The first-order chi connectivity index (χ1) is 7.69. The molecule has 1 atom stereocenters. The number of carboxylic acid groups (broad SMARTS) is 1. The third-order valence-corrected chi connectivity index (χ3v) is 3.18. The van der Waals surface area contributed by atoms with E-state index in [1.165, 1.54) is 0 Å². The van der Waals surface area contributed by atoms with Crippen LogP contribution >= 0.6 is 0 Å². The number of carbonyl (C=O) groups excluding carboxylic acids is 1.